The number of aromatic hydroxyl groups is 1. The lowest BCUT2D eigenvalue weighted by atomic mass is 9.83. The molecule has 1 aromatic heterocycles. The lowest BCUT2D eigenvalue weighted by Gasteiger charge is -2.27. The van der Waals surface area contributed by atoms with Crippen LogP contribution in [0.4, 0.5) is 0 Å². The van der Waals surface area contributed by atoms with Crippen molar-refractivity contribution in [3.05, 3.63) is 74.6 Å². The van der Waals surface area contributed by atoms with Crippen LogP contribution in [0.15, 0.2) is 41.2 Å². The summed E-state index contributed by atoms with van der Waals surface area (Å²) in [4.78, 5) is 52.1. The van der Waals surface area contributed by atoms with Crippen LogP contribution in [0, 0.1) is 0 Å². The van der Waals surface area contributed by atoms with Gasteiger partial charge in [-0.1, -0.05) is 30.4 Å². The van der Waals surface area contributed by atoms with Crippen LogP contribution in [-0.4, -0.2) is 33.5 Å². The zero-order valence-electron chi connectivity index (χ0n) is 22.4. The van der Waals surface area contributed by atoms with Gasteiger partial charge in [-0.2, -0.15) is 0 Å². The number of rotatable bonds is 1. The Labute approximate surface area is 231 Å². The quantitative estimate of drug-likeness (QED) is 0.333. The number of aromatic nitrogens is 1. The average molecular weight is 542 g/mol. The van der Waals surface area contributed by atoms with E-state index in [2.05, 4.69) is 0 Å². The van der Waals surface area contributed by atoms with Gasteiger partial charge in [0.15, 0.2) is 0 Å². The van der Waals surface area contributed by atoms with E-state index in [4.69, 9.17) is 9.47 Å². The van der Waals surface area contributed by atoms with Crippen molar-refractivity contribution < 1.29 is 29.0 Å². The Morgan fingerprint density at radius 2 is 1.85 bits per heavy atom. The first-order chi connectivity index (χ1) is 19.3. The second kappa shape index (κ2) is 10.4. The van der Waals surface area contributed by atoms with Gasteiger partial charge in [0.2, 0.25) is 0 Å². The van der Waals surface area contributed by atoms with E-state index in [0.29, 0.717) is 56.2 Å². The van der Waals surface area contributed by atoms with Crippen molar-refractivity contribution in [2.75, 3.05) is 0 Å². The first kappa shape index (κ1) is 26.0. The number of hydrogen-bond acceptors (Lipinski definition) is 7. The number of carbonyl (C=O) groups excluding carboxylic acids is 3. The summed E-state index contributed by atoms with van der Waals surface area (Å²) in [7, 11) is 0. The molecular weight excluding hydrogens is 510 g/mol. The summed E-state index contributed by atoms with van der Waals surface area (Å²) in [5.74, 6) is -2.05. The van der Waals surface area contributed by atoms with Crippen molar-refractivity contribution in [1.82, 2.24) is 4.57 Å². The Kier molecular flexibility index (Phi) is 6.78. The molecule has 0 aliphatic carbocycles. The molecule has 8 heteroatoms. The van der Waals surface area contributed by atoms with E-state index in [9.17, 15) is 24.3 Å². The average Bonchev–Trinajstić information content (AvgIpc) is 3.35. The lowest BCUT2D eigenvalue weighted by Crippen LogP contribution is -2.29. The molecule has 0 fully saturated rings. The van der Waals surface area contributed by atoms with Crippen molar-refractivity contribution in [2.45, 2.75) is 76.9 Å². The Balaban J connectivity index is 1.50. The fourth-order valence-corrected chi connectivity index (χ4v) is 6.23. The minimum atomic E-state index is -0.792. The number of esters is 2. The number of ether oxygens (including phenoxy) is 2. The van der Waals surface area contributed by atoms with Crippen molar-refractivity contribution in [3.63, 3.8) is 0 Å². The Hall–Kier alpha value is -4.20. The number of phenolic OH excluding ortho intramolecular Hbond substituents is 1. The fraction of sp³-hybridized carbons (Fsp3) is 0.375. The molecule has 0 saturated carbocycles. The maximum Gasteiger partial charge on any atom is 0.342 e. The number of para-hydroxylation sites is 1. The number of cyclic esters (lactones) is 1. The molecule has 2 aromatic carbocycles. The van der Waals surface area contributed by atoms with Crippen LogP contribution in [0.5, 0.6) is 11.5 Å². The van der Waals surface area contributed by atoms with Crippen LogP contribution < -0.4 is 10.3 Å². The maximum absolute atomic E-state index is 13.7. The maximum atomic E-state index is 13.7. The molecule has 8 nitrogen and oxygen atoms in total. The topological polar surface area (TPSA) is 112 Å². The largest absolute Gasteiger partial charge is 0.507 e. The third-order valence-corrected chi connectivity index (χ3v) is 8.18. The van der Waals surface area contributed by atoms with Gasteiger partial charge in [-0.25, -0.2) is 4.79 Å². The monoisotopic (exact) mass is 541 g/mol. The van der Waals surface area contributed by atoms with Gasteiger partial charge in [0.1, 0.15) is 22.8 Å². The number of nitrogens with zero attached hydrogens (tertiary/aromatic N) is 1. The standard InChI is InChI=1S/C32H31NO7/c1-18-7-5-12-22(34)11-4-2-3-8-20-16-25-28(30(36)27(20)32(38)39-18)23(17-26(35)40-25)24-15-21-10-6-9-19-13-14-33(29(19)21)31(24)37/h3,6,8-10,15-16,18,23,36H,2,4-5,7,11-14,17H2,1H3/b8-3+. The van der Waals surface area contributed by atoms with E-state index in [-0.39, 0.29) is 40.4 Å². The van der Waals surface area contributed by atoms with Crippen LogP contribution >= 0.6 is 0 Å². The first-order valence-corrected chi connectivity index (χ1v) is 14.0. The first-order valence-electron chi connectivity index (χ1n) is 14.0. The molecule has 206 valence electrons. The van der Waals surface area contributed by atoms with Crippen LogP contribution in [0.1, 0.15) is 90.4 Å². The number of ketones is 1. The van der Waals surface area contributed by atoms with Crippen LogP contribution in [0.2, 0.25) is 0 Å². The van der Waals surface area contributed by atoms with E-state index in [0.717, 1.165) is 22.9 Å². The smallest absolute Gasteiger partial charge is 0.342 e. The van der Waals surface area contributed by atoms with E-state index in [1.165, 1.54) is 0 Å². The highest BCUT2D eigenvalue weighted by Gasteiger charge is 2.37. The predicted molar refractivity (Wildman–Crippen MR) is 149 cm³/mol. The van der Waals surface area contributed by atoms with Crippen LogP contribution in [0.25, 0.3) is 17.0 Å². The van der Waals surface area contributed by atoms with Gasteiger partial charge in [-0.3, -0.25) is 14.4 Å². The SMILES string of the molecule is CC1CCCC(=O)CCC/C=C/c2cc3c(c(O)c2C(=O)O1)C(c1cc2cccc4c2n(c1=O)CC4)CC(=O)O3. The predicted octanol–water partition coefficient (Wildman–Crippen LogP) is 5.19. The van der Waals surface area contributed by atoms with Gasteiger partial charge in [-0.15, -0.1) is 0 Å². The number of aryl methyl sites for hydroxylation is 2. The van der Waals surface area contributed by atoms with Crippen LogP contribution in [-0.2, 0) is 27.3 Å². The zero-order chi connectivity index (χ0) is 28.0. The van der Waals surface area contributed by atoms with E-state index in [1.807, 2.05) is 24.3 Å². The number of benzene rings is 2. The number of pyridine rings is 1. The molecule has 0 amide bonds. The van der Waals surface area contributed by atoms with Crippen molar-refractivity contribution in [2.24, 2.45) is 0 Å². The Morgan fingerprint density at radius 3 is 2.70 bits per heavy atom. The summed E-state index contributed by atoms with van der Waals surface area (Å²) in [6.07, 6.45) is 6.99. The van der Waals surface area contributed by atoms with Gasteiger partial charge in [-0.05, 0) is 67.7 Å². The van der Waals surface area contributed by atoms with Gasteiger partial charge in [0.05, 0.1) is 18.0 Å². The van der Waals surface area contributed by atoms with Gasteiger partial charge in [0.25, 0.3) is 5.56 Å². The molecule has 0 bridgehead atoms. The second-order valence-electron chi connectivity index (χ2n) is 10.9. The molecule has 4 heterocycles. The molecule has 3 aliphatic heterocycles. The van der Waals surface area contributed by atoms with Gasteiger partial charge >= 0.3 is 11.9 Å². The molecule has 2 atom stereocenters. The molecule has 0 spiro atoms. The van der Waals surface area contributed by atoms with E-state index >= 15 is 0 Å². The number of phenols is 1. The molecule has 0 radical (unpaired) electrons. The van der Waals surface area contributed by atoms with Crippen LogP contribution in [0.3, 0.4) is 0 Å². The molecule has 1 N–H and O–H groups in total. The minimum Gasteiger partial charge on any atom is -0.507 e. The van der Waals surface area contributed by atoms with Crippen molar-refractivity contribution in [1.29, 1.82) is 0 Å². The molecular formula is C32H31NO7. The number of fused-ring (bicyclic) bond motifs is 2. The summed E-state index contributed by atoms with van der Waals surface area (Å²) in [5, 5.41) is 12.5. The number of Topliss-reactive ketones (excluding diaryl/α,β-unsaturated/α-hetero) is 1. The number of carbonyl (C=O) groups is 3. The summed E-state index contributed by atoms with van der Waals surface area (Å²) >= 11 is 0. The Bertz CT molecular complexity index is 1650. The number of allylic oxidation sites excluding steroid dienone is 1. The molecule has 2 unspecified atom stereocenters. The third kappa shape index (κ3) is 4.61. The molecule has 6 rings (SSSR count). The van der Waals surface area contributed by atoms with E-state index in [1.54, 1.807) is 29.7 Å². The normalized spacial score (nSPS) is 22.2. The van der Waals surface area contributed by atoms with Gasteiger partial charge in [0, 0.05) is 36.4 Å². The zero-order valence-corrected chi connectivity index (χ0v) is 22.4. The summed E-state index contributed by atoms with van der Waals surface area (Å²) < 4.78 is 13.0. The minimum absolute atomic E-state index is 0.0225. The summed E-state index contributed by atoms with van der Waals surface area (Å²) in [5.41, 5.74) is 2.73. The molecule has 40 heavy (non-hydrogen) atoms. The van der Waals surface area contributed by atoms with Crippen molar-refractivity contribution in [3.8, 4) is 11.5 Å². The summed E-state index contributed by atoms with van der Waals surface area (Å²) in [6, 6.07) is 9.25. The van der Waals surface area contributed by atoms with Crippen molar-refractivity contribution >= 4 is 34.7 Å². The third-order valence-electron chi connectivity index (χ3n) is 8.18. The lowest BCUT2D eigenvalue weighted by molar-refractivity contribution is -0.135. The highest BCUT2D eigenvalue weighted by Crippen LogP contribution is 2.47. The number of hydrogen-bond donors (Lipinski definition) is 1. The fourth-order valence-electron chi connectivity index (χ4n) is 6.23. The van der Waals surface area contributed by atoms with Gasteiger partial charge < -0.3 is 19.1 Å². The second-order valence-corrected chi connectivity index (χ2v) is 10.9. The van der Waals surface area contributed by atoms with E-state index < -0.39 is 24.0 Å². The highest BCUT2D eigenvalue weighted by molar-refractivity contribution is 5.99. The Morgan fingerprint density at radius 1 is 1.02 bits per heavy atom. The highest BCUT2D eigenvalue weighted by atomic mass is 16.5. The summed E-state index contributed by atoms with van der Waals surface area (Å²) in [6.45, 7) is 2.31. The molecule has 3 aromatic rings. The molecule has 3 aliphatic rings. The molecule has 0 saturated heterocycles.